The van der Waals surface area contributed by atoms with Gasteiger partial charge in [0.1, 0.15) is 5.75 Å². The molecule has 1 saturated carbocycles. The Kier molecular flexibility index (Phi) is 8.29. The topological polar surface area (TPSA) is 41.9 Å². The second-order valence-electron chi connectivity index (χ2n) is 6.87. The summed E-state index contributed by atoms with van der Waals surface area (Å²) in [6, 6.07) is 6.35. The summed E-state index contributed by atoms with van der Waals surface area (Å²) in [5.74, 6) is 1.72. The van der Waals surface area contributed by atoms with Crippen LogP contribution in [0.15, 0.2) is 23.2 Å². The number of ketones is 1. The third kappa shape index (κ3) is 5.17. The van der Waals surface area contributed by atoms with Gasteiger partial charge >= 0.3 is 0 Å². The lowest BCUT2D eigenvalue weighted by atomic mass is 9.94. The van der Waals surface area contributed by atoms with Crippen molar-refractivity contribution in [1.29, 1.82) is 0 Å². The average molecular weight is 397 g/mol. The number of benzene rings is 1. The summed E-state index contributed by atoms with van der Waals surface area (Å²) < 4.78 is 5.49. The van der Waals surface area contributed by atoms with E-state index in [0.29, 0.717) is 6.04 Å². The SMILES string of the molecule is COc1ccc(C(C)=O)cc1CSC1=NCCCN1C1CCCCC1.Cl. The summed E-state index contributed by atoms with van der Waals surface area (Å²) in [6.07, 6.45) is 7.80. The number of methoxy groups -OCH3 is 1. The second-order valence-corrected chi connectivity index (χ2v) is 7.82. The highest BCUT2D eigenvalue weighted by Gasteiger charge is 2.26. The molecule has 0 radical (unpaired) electrons. The molecule has 6 heteroatoms. The standard InChI is InChI=1S/C20H28N2O2S.ClH/c1-15(23)16-9-10-19(24-2)17(13-16)14-25-20-21-11-6-12-22(20)18-7-4-3-5-8-18;/h9-10,13,18H,3-8,11-12,14H2,1-2H3;1H. The van der Waals surface area contributed by atoms with Crippen molar-refractivity contribution in [3.05, 3.63) is 29.3 Å². The number of thioether (sulfide) groups is 1. The molecule has 0 atom stereocenters. The van der Waals surface area contributed by atoms with Crippen LogP contribution in [0.4, 0.5) is 0 Å². The van der Waals surface area contributed by atoms with E-state index in [1.165, 1.54) is 37.3 Å². The first-order chi connectivity index (χ1) is 12.2. The highest BCUT2D eigenvalue weighted by Crippen LogP contribution is 2.30. The zero-order valence-electron chi connectivity index (χ0n) is 15.7. The van der Waals surface area contributed by atoms with Crippen molar-refractivity contribution in [2.24, 2.45) is 4.99 Å². The van der Waals surface area contributed by atoms with Gasteiger partial charge in [-0.2, -0.15) is 0 Å². The number of carbonyl (C=O) groups is 1. The Morgan fingerprint density at radius 2 is 2.04 bits per heavy atom. The molecule has 0 aromatic heterocycles. The predicted molar refractivity (Wildman–Crippen MR) is 112 cm³/mol. The molecule has 0 unspecified atom stereocenters. The van der Waals surface area contributed by atoms with Crippen LogP contribution in [0.1, 0.15) is 61.4 Å². The van der Waals surface area contributed by atoms with Gasteiger partial charge in [0.2, 0.25) is 0 Å². The molecule has 0 bridgehead atoms. The Labute approximate surface area is 167 Å². The van der Waals surface area contributed by atoms with Crippen LogP contribution in [0.2, 0.25) is 0 Å². The average Bonchev–Trinajstić information content (AvgIpc) is 2.67. The van der Waals surface area contributed by atoms with E-state index in [4.69, 9.17) is 9.73 Å². The van der Waals surface area contributed by atoms with Gasteiger partial charge in [0.15, 0.2) is 11.0 Å². The van der Waals surface area contributed by atoms with Crippen LogP contribution in [-0.4, -0.2) is 42.1 Å². The minimum absolute atomic E-state index is 0. The van der Waals surface area contributed by atoms with Crippen LogP contribution in [0.3, 0.4) is 0 Å². The van der Waals surface area contributed by atoms with Gasteiger partial charge in [-0.15, -0.1) is 12.4 Å². The number of amidine groups is 1. The molecule has 1 aromatic rings. The maximum atomic E-state index is 11.7. The van der Waals surface area contributed by atoms with E-state index in [2.05, 4.69) is 4.90 Å². The molecular formula is C20H29ClN2O2S. The van der Waals surface area contributed by atoms with Crippen molar-refractivity contribution >= 4 is 35.1 Å². The fourth-order valence-electron chi connectivity index (χ4n) is 3.71. The van der Waals surface area contributed by atoms with E-state index in [9.17, 15) is 4.79 Å². The molecule has 1 aliphatic heterocycles. The number of rotatable bonds is 5. The van der Waals surface area contributed by atoms with E-state index in [1.54, 1.807) is 25.8 Å². The zero-order valence-corrected chi connectivity index (χ0v) is 17.3. The summed E-state index contributed by atoms with van der Waals surface area (Å²) in [5.41, 5.74) is 1.81. The smallest absolute Gasteiger partial charge is 0.159 e. The molecule has 2 aliphatic rings. The number of aliphatic imine (C=N–C) groups is 1. The zero-order chi connectivity index (χ0) is 17.6. The quantitative estimate of drug-likeness (QED) is 0.660. The Bertz CT molecular complexity index is 645. The third-order valence-electron chi connectivity index (χ3n) is 5.11. The Morgan fingerprint density at radius 1 is 1.27 bits per heavy atom. The third-order valence-corrected chi connectivity index (χ3v) is 6.19. The summed E-state index contributed by atoms with van der Waals surface area (Å²) in [7, 11) is 1.68. The Morgan fingerprint density at radius 3 is 2.73 bits per heavy atom. The van der Waals surface area contributed by atoms with Crippen molar-refractivity contribution < 1.29 is 9.53 Å². The minimum Gasteiger partial charge on any atom is -0.496 e. The second kappa shape index (κ2) is 10.2. The molecule has 0 spiro atoms. The maximum Gasteiger partial charge on any atom is 0.159 e. The fraction of sp³-hybridized carbons (Fsp3) is 0.600. The van der Waals surface area contributed by atoms with Gasteiger partial charge in [-0.25, -0.2) is 0 Å². The molecular weight excluding hydrogens is 368 g/mol. The van der Waals surface area contributed by atoms with Crippen LogP contribution in [0.5, 0.6) is 5.75 Å². The van der Waals surface area contributed by atoms with Crippen molar-refractivity contribution in [2.75, 3.05) is 20.2 Å². The summed E-state index contributed by atoms with van der Waals surface area (Å²) in [4.78, 5) is 19.0. The van der Waals surface area contributed by atoms with Crippen LogP contribution < -0.4 is 4.74 Å². The van der Waals surface area contributed by atoms with E-state index in [-0.39, 0.29) is 18.2 Å². The van der Waals surface area contributed by atoms with Gasteiger partial charge in [0.05, 0.1) is 7.11 Å². The molecule has 1 fully saturated rings. The number of hydrogen-bond acceptors (Lipinski definition) is 5. The summed E-state index contributed by atoms with van der Waals surface area (Å²) >= 11 is 1.79. The van der Waals surface area contributed by atoms with Crippen LogP contribution in [-0.2, 0) is 5.75 Å². The van der Waals surface area contributed by atoms with Gasteiger partial charge in [0.25, 0.3) is 0 Å². The normalized spacial score (nSPS) is 18.1. The Hall–Kier alpha value is -1.20. The van der Waals surface area contributed by atoms with Crippen LogP contribution in [0, 0.1) is 0 Å². The number of nitrogens with zero attached hydrogens (tertiary/aromatic N) is 2. The molecule has 0 saturated heterocycles. The summed E-state index contributed by atoms with van der Waals surface area (Å²) in [5, 5.41) is 1.17. The number of carbonyl (C=O) groups excluding carboxylic acids is 1. The first kappa shape index (κ1) is 21.1. The van der Waals surface area contributed by atoms with Crippen molar-refractivity contribution in [1.82, 2.24) is 4.90 Å². The Balaban J connectivity index is 0.00000243. The number of Topliss-reactive ketones (excluding diaryl/α,β-unsaturated/α-hetero) is 1. The number of hydrogen-bond donors (Lipinski definition) is 0. The lowest BCUT2D eigenvalue weighted by Gasteiger charge is -2.38. The monoisotopic (exact) mass is 396 g/mol. The van der Waals surface area contributed by atoms with Crippen molar-refractivity contribution in [3.8, 4) is 5.75 Å². The molecule has 1 aromatic carbocycles. The molecule has 1 heterocycles. The molecule has 0 amide bonds. The van der Waals surface area contributed by atoms with Gasteiger partial charge in [-0.1, -0.05) is 31.0 Å². The molecule has 144 valence electrons. The summed E-state index contributed by atoms with van der Waals surface area (Å²) in [6.45, 7) is 3.66. The fourth-order valence-corrected chi connectivity index (χ4v) is 4.81. The lowest BCUT2D eigenvalue weighted by molar-refractivity contribution is 0.101. The van der Waals surface area contributed by atoms with Gasteiger partial charge < -0.3 is 9.64 Å². The molecule has 3 rings (SSSR count). The maximum absolute atomic E-state index is 11.7. The van der Waals surface area contributed by atoms with Gasteiger partial charge in [-0.05, 0) is 44.4 Å². The number of halogens is 1. The van der Waals surface area contributed by atoms with Crippen LogP contribution in [0.25, 0.3) is 0 Å². The lowest BCUT2D eigenvalue weighted by Crippen LogP contribution is -2.43. The largest absolute Gasteiger partial charge is 0.496 e. The minimum atomic E-state index is 0. The molecule has 4 nitrogen and oxygen atoms in total. The van der Waals surface area contributed by atoms with Gasteiger partial charge in [-0.3, -0.25) is 9.79 Å². The molecule has 0 N–H and O–H groups in total. The van der Waals surface area contributed by atoms with Gasteiger partial charge in [0, 0.05) is 36.0 Å². The van der Waals surface area contributed by atoms with E-state index >= 15 is 0 Å². The highest BCUT2D eigenvalue weighted by atomic mass is 35.5. The molecule has 26 heavy (non-hydrogen) atoms. The van der Waals surface area contributed by atoms with Crippen molar-refractivity contribution in [3.63, 3.8) is 0 Å². The number of ether oxygens (including phenoxy) is 1. The van der Waals surface area contributed by atoms with Crippen molar-refractivity contribution in [2.45, 2.75) is 57.2 Å². The van der Waals surface area contributed by atoms with E-state index in [0.717, 1.165) is 42.1 Å². The van der Waals surface area contributed by atoms with E-state index < -0.39 is 0 Å². The first-order valence-electron chi connectivity index (χ1n) is 9.31. The molecule has 1 aliphatic carbocycles. The highest BCUT2D eigenvalue weighted by molar-refractivity contribution is 8.13. The van der Waals surface area contributed by atoms with E-state index in [1.807, 2.05) is 18.2 Å². The predicted octanol–water partition coefficient (Wildman–Crippen LogP) is 4.95. The van der Waals surface area contributed by atoms with Crippen LogP contribution >= 0.6 is 24.2 Å². The first-order valence-corrected chi connectivity index (χ1v) is 10.3.